The first kappa shape index (κ1) is 34.4. The van der Waals surface area contributed by atoms with Gasteiger partial charge in [0.05, 0.1) is 18.9 Å². The van der Waals surface area contributed by atoms with Crippen LogP contribution in [0.2, 0.25) is 0 Å². The van der Waals surface area contributed by atoms with Gasteiger partial charge in [0.1, 0.15) is 5.82 Å². The molecule has 0 spiro atoms. The van der Waals surface area contributed by atoms with Crippen molar-refractivity contribution < 1.29 is 23.5 Å². The lowest BCUT2D eigenvalue weighted by molar-refractivity contribution is -0.120. The first-order chi connectivity index (χ1) is 24.7. The zero-order valence-corrected chi connectivity index (χ0v) is 28.8. The number of rotatable bonds is 9. The number of ether oxygens (including phenoxy) is 1. The number of amides is 4. The number of aryl methyl sites for hydroxylation is 1. The number of nitrogens with two attached hydrogens (primary N) is 1. The van der Waals surface area contributed by atoms with Crippen LogP contribution in [-0.4, -0.2) is 117 Å². The molecule has 0 saturated carbocycles. The molecule has 4 saturated heterocycles. The van der Waals surface area contributed by atoms with Crippen molar-refractivity contribution in [2.45, 2.75) is 26.2 Å². The summed E-state index contributed by atoms with van der Waals surface area (Å²) in [4.78, 5) is 50.9. The van der Waals surface area contributed by atoms with Gasteiger partial charge in [0.25, 0.3) is 5.91 Å². The van der Waals surface area contributed by atoms with Crippen LogP contribution in [0.1, 0.15) is 35.3 Å². The molecule has 16 heteroatoms. The minimum absolute atomic E-state index is 0.118. The monoisotopic (exact) mass is 701 g/mol. The van der Waals surface area contributed by atoms with Crippen LogP contribution >= 0.6 is 0 Å². The Kier molecular flexibility index (Phi) is 10.1. The molecule has 0 radical (unpaired) electrons. The van der Waals surface area contributed by atoms with Crippen LogP contribution in [0.25, 0.3) is 0 Å². The predicted octanol–water partition coefficient (Wildman–Crippen LogP) is 2.48. The summed E-state index contributed by atoms with van der Waals surface area (Å²) in [6, 6.07) is 10.7. The zero-order chi connectivity index (χ0) is 35.5. The van der Waals surface area contributed by atoms with Gasteiger partial charge < -0.3 is 30.5 Å². The molecule has 0 bridgehead atoms. The molecule has 270 valence electrons. The lowest BCUT2D eigenvalue weighted by atomic mass is 9.95. The van der Waals surface area contributed by atoms with Crippen molar-refractivity contribution in [3.63, 3.8) is 0 Å². The smallest absolute Gasteiger partial charge is 0.328 e. The van der Waals surface area contributed by atoms with Crippen LogP contribution in [0.3, 0.4) is 0 Å². The second kappa shape index (κ2) is 15.0. The molecule has 4 amide bonds. The van der Waals surface area contributed by atoms with Crippen LogP contribution in [0.15, 0.2) is 36.4 Å². The number of carbonyl (C=O) groups excluding carboxylic acids is 3. The molecule has 0 atom stereocenters. The molecule has 4 aliphatic heterocycles. The fourth-order valence-electron chi connectivity index (χ4n) is 7.29. The van der Waals surface area contributed by atoms with Crippen LogP contribution in [0, 0.1) is 18.7 Å². The molecular formula is C35H44FN11O4. The average Bonchev–Trinajstić information content (AvgIpc) is 3.13. The maximum absolute atomic E-state index is 15.5. The molecule has 0 aliphatic carbocycles. The zero-order valence-electron chi connectivity index (χ0n) is 28.8. The number of nitrogens with zero attached hydrogens (tertiary/aromatic N) is 8. The molecule has 7 rings (SSSR count). The molecule has 15 nitrogen and oxygen atoms in total. The van der Waals surface area contributed by atoms with Gasteiger partial charge in [0, 0.05) is 88.9 Å². The van der Waals surface area contributed by atoms with Crippen LogP contribution in [0.5, 0.6) is 0 Å². The van der Waals surface area contributed by atoms with E-state index in [1.165, 1.54) is 6.07 Å². The van der Waals surface area contributed by atoms with E-state index in [2.05, 4.69) is 52.6 Å². The normalized spacial score (nSPS) is 19.3. The second-order valence-corrected chi connectivity index (χ2v) is 13.5. The number of piperazine rings is 1. The van der Waals surface area contributed by atoms with E-state index in [0.717, 1.165) is 75.6 Å². The third-order valence-corrected chi connectivity index (χ3v) is 10.1. The van der Waals surface area contributed by atoms with Gasteiger partial charge >= 0.3 is 6.03 Å². The van der Waals surface area contributed by atoms with Crippen molar-refractivity contribution in [2.24, 2.45) is 11.7 Å². The van der Waals surface area contributed by atoms with Crippen LogP contribution in [0.4, 0.5) is 43.7 Å². The SMILES string of the molecule is Cc1cc(N2CCC(CN3CCN(c4ccc(Nc5nc(N6CCOCC6)nnc5C(N)=O)cc4F)CC3)CC2)ccc1N1CCC(=O)NC1=O. The highest BCUT2D eigenvalue weighted by molar-refractivity contribution is 6.06. The summed E-state index contributed by atoms with van der Waals surface area (Å²) >= 11 is 0. The van der Waals surface area contributed by atoms with Crippen molar-refractivity contribution >= 4 is 52.4 Å². The third-order valence-electron chi connectivity index (χ3n) is 10.1. The lowest BCUT2D eigenvalue weighted by Crippen LogP contribution is -2.49. The molecule has 3 aromatic rings. The number of primary amides is 1. The number of urea groups is 1. The minimum atomic E-state index is -0.779. The predicted molar refractivity (Wildman–Crippen MR) is 191 cm³/mol. The Morgan fingerprint density at radius 1 is 0.922 bits per heavy atom. The van der Waals surface area contributed by atoms with Crippen LogP contribution in [-0.2, 0) is 9.53 Å². The van der Waals surface area contributed by atoms with Crippen molar-refractivity contribution in [3.8, 4) is 0 Å². The average molecular weight is 702 g/mol. The maximum atomic E-state index is 15.5. The number of benzene rings is 2. The fourth-order valence-corrected chi connectivity index (χ4v) is 7.29. The number of hydrogen-bond donors (Lipinski definition) is 3. The molecule has 5 heterocycles. The van der Waals surface area contributed by atoms with E-state index < -0.39 is 5.91 Å². The first-order valence-corrected chi connectivity index (χ1v) is 17.6. The first-order valence-electron chi connectivity index (χ1n) is 17.6. The largest absolute Gasteiger partial charge is 0.378 e. The molecule has 51 heavy (non-hydrogen) atoms. The molecule has 4 fully saturated rings. The molecular weight excluding hydrogens is 657 g/mol. The van der Waals surface area contributed by atoms with Gasteiger partial charge in [0.2, 0.25) is 11.9 Å². The van der Waals surface area contributed by atoms with E-state index in [0.29, 0.717) is 62.5 Å². The number of anilines is 6. The van der Waals surface area contributed by atoms with Gasteiger partial charge in [-0.15, -0.1) is 10.2 Å². The van der Waals surface area contributed by atoms with E-state index >= 15 is 4.39 Å². The van der Waals surface area contributed by atoms with Crippen molar-refractivity contribution in [3.05, 3.63) is 53.5 Å². The Morgan fingerprint density at radius 3 is 2.35 bits per heavy atom. The second-order valence-electron chi connectivity index (χ2n) is 13.5. The summed E-state index contributed by atoms with van der Waals surface area (Å²) in [7, 11) is 0. The standard InChI is InChI=1S/C35H44FN11O4/c1-23-20-26(3-5-28(23)47-11-8-30(48)39-35(47)50)44-9-6-24(7-10-44)22-43-12-14-45(15-13-43)29-4-2-25(21-27(29)36)38-33-31(32(37)49)41-42-34(40-33)46-16-18-51-19-17-46/h2-5,20-21,24H,6-19,22H2,1H3,(H2,37,49)(H,38,40,42)(H,39,48,50). The van der Waals surface area contributed by atoms with E-state index in [4.69, 9.17) is 10.5 Å². The number of carbonyl (C=O) groups is 3. The number of halogens is 1. The number of imide groups is 1. The molecule has 2 aromatic carbocycles. The summed E-state index contributed by atoms with van der Waals surface area (Å²) in [5.41, 5.74) is 9.37. The lowest BCUT2D eigenvalue weighted by Gasteiger charge is -2.40. The Bertz CT molecular complexity index is 1770. The molecule has 4 aliphatic rings. The fraction of sp³-hybridized carbons (Fsp3) is 0.486. The Hall–Kier alpha value is -5.09. The highest BCUT2D eigenvalue weighted by Crippen LogP contribution is 2.31. The highest BCUT2D eigenvalue weighted by Gasteiger charge is 2.28. The highest BCUT2D eigenvalue weighted by atomic mass is 19.1. The van der Waals surface area contributed by atoms with Gasteiger partial charge in [-0.1, -0.05) is 0 Å². The summed E-state index contributed by atoms with van der Waals surface area (Å²) in [5, 5.41) is 13.5. The minimum Gasteiger partial charge on any atom is -0.378 e. The summed E-state index contributed by atoms with van der Waals surface area (Å²) in [6.45, 7) is 10.8. The number of piperidine rings is 1. The Balaban J connectivity index is 0.896. The summed E-state index contributed by atoms with van der Waals surface area (Å²) in [6.07, 6.45) is 2.49. The van der Waals surface area contributed by atoms with E-state index in [1.54, 1.807) is 17.0 Å². The third kappa shape index (κ3) is 7.81. The number of nitrogens with one attached hydrogen (secondary N) is 2. The topological polar surface area (TPSA) is 165 Å². The summed E-state index contributed by atoms with van der Waals surface area (Å²) < 4.78 is 20.9. The van der Waals surface area contributed by atoms with Gasteiger partial charge in [-0.2, -0.15) is 4.98 Å². The Labute approximate surface area is 295 Å². The number of hydrogen-bond acceptors (Lipinski definition) is 12. The number of aromatic nitrogens is 3. The summed E-state index contributed by atoms with van der Waals surface area (Å²) in [5.74, 6) is -0.314. The van der Waals surface area contributed by atoms with E-state index in [1.807, 2.05) is 17.9 Å². The number of morpholine rings is 1. The quantitative estimate of drug-likeness (QED) is 0.299. The van der Waals surface area contributed by atoms with Gasteiger partial charge in [-0.3, -0.25) is 24.7 Å². The van der Waals surface area contributed by atoms with Crippen molar-refractivity contribution in [2.75, 3.05) is 104 Å². The molecule has 4 N–H and O–H groups in total. The van der Waals surface area contributed by atoms with Gasteiger partial charge in [0.15, 0.2) is 11.5 Å². The Morgan fingerprint density at radius 2 is 1.67 bits per heavy atom. The van der Waals surface area contributed by atoms with Crippen molar-refractivity contribution in [1.29, 1.82) is 0 Å². The van der Waals surface area contributed by atoms with Gasteiger partial charge in [-0.05, 0) is 67.6 Å². The van der Waals surface area contributed by atoms with E-state index in [-0.39, 0.29) is 29.3 Å². The van der Waals surface area contributed by atoms with Gasteiger partial charge in [-0.25, -0.2) is 9.18 Å². The van der Waals surface area contributed by atoms with E-state index in [9.17, 15) is 14.4 Å². The molecule has 1 aromatic heterocycles. The maximum Gasteiger partial charge on any atom is 0.328 e. The van der Waals surface area contributed by atoms with Crippen molar-refractivity contribution in [1.82, 2.24) is 25.4 Å². The van der Waals surface area contributed by atoms with Crippen LogP contribution < -0.4 is 36.0 Å². The molecule has 0 unspecified atom stereocenters.